The van der Waals surface area contributed by atoms with E-state index in [4.69, 9.17) is 0 Å². The molecule has 1 heterocycles. The summed E-state index contributed by atoms with van der Waals surface area (Å²) >= 11 is 0. The quantitative estimate of drug-likeness (QED) is 0.709. The number of hydrogen-bond donors (Lipinski definition) is 1. The van der Waals surface area contributed by atoms with E-state index in [1.54, 1.807) is 0 Å². The number of rotatable bonds is 3. The van der Waals surface area contributed by atoms with Crippen molar-refractivity contribution in [2.45, 2.75) is 53.0 Å². The lowest BCUT2D eigenvalue weighted by molar-refractivity contribution is 0.236. The summed E-state index contributed by atoms with van der Waals surface area (Å²) in [6.45, 7) is 10.6. The molecule has 0 aromatic heterocycles. The predicted octanol–water partition coefficient (Wildman–Crippen LogP) is 3.06. The Bertz CT molecular complexity index is 132. The van der Waals surface area contributed by atoms with Crippen LogP contribution in [0.3, 0.4) is 0 Å². The van der Waals surface area contributed by atoms with Crippen molar-refractivity contribution in [1.29, 1.82) is 0 Å². The summed E-state index contributed by atoms with van der Waals surface area (Å²) in [6.07, 6.45) is 4.17. The summed E-state index contributed by atoms with van der Waals surface area (Å²) in [6, 6.07) is 0.801. The number of nitrogens with one attached hydrogen (secondary N) is 1. The molecule has 0 aromatic carbocycles. The van der Waals surface area contributed by atoms with Gasteiger partial charge in [0.25, 0.3) is 0 Å². The molecule has 0 radical (unpaired) electrons. The molecular weight excluding hydrogens is 158 g/mol. The monoisotopic (exact) mass is 183 g/mol. The predicted molar refractivity (Wildman–Crippen MR) is 58.8 cm³/mol. The zero-order chi connectivity index (χ0) is 9.84. The highest BCUT2D eigenvalue weighted by Crippen LogP contribution is 2.23. The largest absolute Gasteiger partial charge is 0.314 e. The van der Waals surface area contributed by atoms with Gasteiger partial charge < -0.3 is 5.32 Å². The van der Waals surface area contributed by atoms with Gasteiger partial charge in [-0.15, -0.1) is 0 Å². The van der Waals surface area contributed by atoms with Gasteiger partial charge in [-0.2, -0.15) is 0 Å². The van der Waals surface area contributed by atoms with Crippen molar-refractivity contribution < 1.29 is 0 Å². The van der Waals surface area contributed by atoms with Gasteiger partial charge in [0.1, 0.15) is 0 Å². The van der Waals surface area contributed by atoms with Gasteiger partial charge in [-0.1, -0.05) is 27.7 Å². The van der Waals surface area contributed by atoms with Crippen molar-refractivity contribution in [3.63, 3.8) is 0 Å². The van der Waals surface area contributed by atoms with E-state index in [0.717, 1.165) is 23.8 Å². The van der Waals surface area contributed by atoms with Crippen LogP contribution in [0.25, 0.3) is 0 Å². The molecule has 1 fully saturated rings. The fourth-order valence-electron chi connectivity index (χ4n) is 2.28. The third-order valence-corrected chi connectivity index (χ3v) is 3.25. The van der Waals surface area contributed by atoms with E-state index in [1.807, 2.05) is 0 Å². The second-order valence-corrected chi connectivity index (χ2v) is 5.32. The zero-order valence-electron chi connectivity index (χ0n) is 9.64. The van der Waals surface area contributed by atoms with Gasteiger partial charge in [-0.3, -0.25) is 0 Å². The first-order chi connectivity index (χ1) is 6.09. The van der Waals surface area contributed by atoms with Crippen molar-refractivity contribution in [3.05, 3.63) is 0 Å². The molecule has 1 rings (SSSR count). The fraction of sp³-hybridized carbons (Fsp3) is 1.00. The van der Waals surface area contributed by atoms with Crippen LogP contribution in [-0.4, -0.2) is 12.6 Å². The highest BCUT2D eigenvalue weighted by atomic mass is 14.9. The Labute approximate surface area is 83.3 Å². The molecule has 1 aliphatic rings. The highest BCUT2D eigenvalue weighted by Gasteiger charge is 2.22. The molecule has 1 heteroatoms. The molecule has 78 valence electrons. The molecule has 13 heavy (non-hydrogen) atoms. The number of hydrogen-bond acceptors (Lipinski definition) is 1. The van der Waals surface area contributed by atoms with Crippen LogP contribution in [0.5, 0.6) is 0 Å². The van der Waals surface area contributed by atoms with Gasteiger partial charge in [-0.05, 0) is 43.6 Å². The third-order valence-electron chi connectivity index (χ3n) is 3.25. The van der Waals surface area contributed by atoms with Crippen LogP contribution in [0, 0.1) is 17.8 Å². The SMILES string of the molecule is CC(C)C[C@H]1CC[C@@H](C(C)C)CN1. The Morgan fingerprint density at radius 3 is 2.23 bits per heavy atom. The first kappa shape index (κ1) is 11.0. The lowest BCUT2D eigenvalue weighted by Crippen LogP contribution is -2.41. The maximum atomic E-state index is 3.68. The van der Waals surface area contributed by atoms with Gasteiger partial charge in [0, 0.05) is 6.04 Å². The van der Waals surface area contributed by atoms with Gasteiger partial charge in [0.15, 0.2) is 0 Å². The van der Waals surface area contributed by atoms with Crippen LogP contribution in [0.4, 0.5) is 0 Å². The van der Waals surface area contributed by atoms with Crippen LogP contribution in [0.2, 0.25) is 0 Å². The lowest BCUT2D eigenvalue weighted by Gasteiger charge is -2.32. The van der Waals surface area contributed by atoms with Crippen LogP contribution in [0.15, 0.2) is 0 Å². The molecule has 0 aliphatic carbocycles. The molecule has 1 nitrogen and oxygen atoms in total. The van der Waals surface area contributed by atoms with Crippen molar-refractivity contribution in [2.75, 3.05) is 6.54 Å². The summed E-state index contributed by atoms with van der Waals surface area (Å²) in [4.78, 5) is 0. The Balaban J connectivity index is 2.22. The van der Waals surface area contributed by atoms with Gasteiger partial charge in [0.05, 0.1) is 0 Å². The Morgan fingerprint density at radius 1 is 1.15 bits per heavy atom. The minimum absolute atomic E-state index is 0.801. The number of piperidine rings is 1. The van der Waals surface area contributed by atoms with Crippen LogP contribution in [0.1, 0.15) is 47.0 Å². The van der Waals surface area contributed by atoms with Crippen molar-refractivity contribution in [2.24, 2.45) is 17.8 Å². The molecule has 0 saturated carbocycles. The van der Waals surface area contributed by atoms with Crippen LogP contribution < -0.4 is 5.32 Å². The summed E-state index contributed by atoms with van der Waals surface area (Å²) in [7, 11) is 0. The van der Waals surface area contributed by atoms with Crippen molar-refractivity contribution >= 4 is 0 Å². The molecule has 0 spiro atoms. The summed E-state index contributed by atoms with van der Waals surface area (Å²) in [5.74, 6) is 2.61. The maximum absolute atomic E-state index is 3.68. The second-order valence-electron chi connectivity index (χ2n) is 5.32. The van der Waals surface area contributed by atoms with E-state index < -0.39 is 0 Å². The van der Waals surface area contributed by atoms with E-state index in [2.05, 4.69) is 33.0 Å². The first-order valence-corrected chi connectivity index (χ1v) is 5.83. The minimum Gasteiger partial charge on any atom is -0.314 e. The average molecular weight is 183 g/mol. The fourth-order valence-corrected chi connectivity index (χ4v) is 2.28. The summed E-state index contributed by atoms with van der Waals surface area (Å²) in [5, 5.41) is 3.68. The normalized spacial score (nSPS) is 30.0. The minimum atomic E-state index is 0.801. The maximum Gasteiger partial charge on any atom is 0.00697 e. The molecule has 2 atom stereocenters. The second kappa shape index (κ2) is 4.99. The average Bonchev–Trinajstić information content (AvgIpc) is 2.04. The topological polar surface area (TPSA) is 12.0 Å². The third kappa shape index (κ3) is 3.68. The zero-order valence-corrected chi connectivity index (χ0v) is 9.64. The van der Waals surface area contributed by atoms with E-state index in [1.165, 1.54) is 25.8 Å². The molecule has 1 aliphatic heterocycles. The van der Waals surface area contributed by atoms with Gasteiger partial charge >= 0.3 is 0 Å². The standard InChI is InChI=1S/C12H25N/c1-9(2)7-12-6-5-11(8-13-12)10(3)4/h9-13H,5-8H2,1-4H3/t11-,12-/m1/s1. The Morgan fingerprint density at radius 2 is 1.85 bits per heavy atom. The van der Waals surface area contributed by atoms with Crippen LogP contribution in [-0.2, 0) is 0 Å². The smallest absolute Gasteiger partial charge is 0.00697 e. The van der Waals surface area contributed by atoms with E-state index in [9.17, 15) is 0 Å². The molecule has 0 bridgehead atoms. The van der Waals surface area contributed by atoms with Gasteiger partial charge in [-0.25, -0.2) is 0 Å². The van der Waals surface area contributed by atoms with E-state index in [-0.39, 0.29) is 0 Å². The first-order valence-electron chi connectivity index (χ1n) is 5.83. The lowest BCUT2D eigenvalue weighted by atomic mass is 9.84. The highest BCUT2D eigenvalue weighted by molar-refractivity contribution is 4.79. The molecule has 1 N–H and O–H groups in total. The molecule has 0 unspecified atom stereocenters. The van der Waals surface area contributed by atoms with E-state index >= 15 is 0 Å². The Kier molecular flexibility index (Phi) is 4.24. The van der Waals surface area contributed by atoms with Crippen LogP contribution >= 0.6 is 0 Å². The Hall–Kier alpha value is -0.0400. The van der Waals surface area contributed by atoms with E-state index in [0.29, 0.717) is 0 Å². The molecule has 1 saturated heterocycles. The van der Waals surface area contributed by atoms with Crippen molar-refractivity contribution in [3.8, 4) is 0 Å². The summed E-state index contributed by atoms with van der Waals surface area (Å²) < 4.78 is 0. The molecule has 0 amide bonds. The van der Waals surface area contributed by atoms with Gasteiger partial charge in [0.2, 0.25) is 0 Å². The molecule has 0 aromatic rings. The molecular formula is C12H25N. The van der Waals surface area contributed by atoms with Crippen molar-refractivity contribution in [1.82, 2.24) is 5.32 Å². The summed E-state index contributed by atoms with van der Waals surface area (Å²) in [5.41, 5.74) is 0.